The summed E-state index contributed by atoms with van der Waals surface area (Å²) in [6, 6.07) is 0. The van der Waals surface area contributed by atoms with E-state index in [-0.39, 0.29) is 23.4 Å². The van der Waals surface area contributed by atoms with Gasteiger partial charge in [-0.05, 0) is 19.3 Å². The van der Waals surface area contributed by atoms with Gasteiger partial charge in [-0.1, -0.05) is 27.7 Å². The second-order valence-corrected chi connectivity index (χ2v) is 4.35. The number of ketones is 2. The van der Waals surface area contributed by atoms with Gasteiger partial charge in [-0.25, -0.2) is 0 Å². The van der Waals surface area contributed by atoms with Gasteiger partial charge in [0.1, 0.15) is 11.6 Å². The molecule has 0 fully saturated rings. The Hall–Kier alpha value is -0.660. The van der Waals surface area contributed by atoms with Gasteiger partial charge in [0, 0.05) is 5.92 Å². The van der Waals surface area contributed by atoms with Crippen molar-refractivity contribution < 1.29 is 9.59 Å². The summed E-state index contributed by atoms with van der Waals surface area (Å²) in [6.45, 7) is 9.26. The zero-order chi connectivity index (χ0) is 10.6. The van der Waals surface area contributed by atoms with Crippen LogP contribution in [0, 0.1) is 17.8 Å². The zero-order valence-corrected chi connectivity index (χ0v) is 9.26. The second-order valence-electron chi connectivity index (χ2n) is 4.35. The third-order valence-corrected chi connectivity index (χ3v) is 2.11. The van der Waals surface area contributed by atoms with Gasteiger partial charge in [-0.15, -0.1) is 0 Å². The normalized spacial score (nSPS) is 13.5. The van der Waals surface area contributed by atoms with Crippen LogP contribution in [0.3, 0.4) is 0 Å². The lowest BCUT2D eigenvalue weighted by molar-refractivity contribution is -0.134. The molecule has 0 amide bonds. The molecule has 0 aromatic rings. The van der Waals surface area contributed by atoms with E-state index >= 15 is 0 Å². The summed E-state index contributed by atoms with van der Waals surface area (Å²) < 4.78 is 0. The molecule has 1 atom stereocenters. The van der Waals surface area contributed by atoms with Crippen molar-refractivity contribution in [1.82, 2.24) is 0 Å². The molecule has 0 aliphatic heterocycles. The summed E-state index contributed by atoms with van der Waals surface area (Å²) in [5.41, 5.74) is 0. The van der Waals surface area contributed by atoms with Crippen LogP contribution in [0.5, 0.6) is 0 Å². The Balaban J connectivity index is 4.43. The standard InChI is InChI=1S/C11H20O2/c1-7(2)6-10(9(5)12)11(13)8(3)4/h7-8,10H,6H2,1-5H3. The number of hydrogen-bond acceptors (Lipinski definition) is 2. The van der Waals surface area contributed by atoms with E-state index in [1.807, 2.05) is 27.7 Å². The van der Waals surface area contributed by atoms with Gasteiger partial charge in [0.15, 0.2) is 0 Å². The molecule has 0 spiro atoms. The highest BCUT2D eigenvalue weighted by molar-refractivity contribution is 6.02. The largest absolute Gasteiger partial charge is 0.299 e. The maximum atomic E-state index is 11.6. The molecule has 0 aromatic carbocycles. The van der Waals surface area contributed by atoms with E-state index in [1.54, 1.807) is 0 Å². The predicted molar refractivity (Wildman–Crippen MR) is 53.5 cm³/mol. The van der Waals surface area contributed by atoms with Crippen LogP contribution in [0.2, 0.25) is 0 Å². The molecular weight excluding hydrogens is 164 g/mol. The molecule has 0 radical (unpaired) electrons. The highest BCUT2D eigenvalue weighted by atomic mass is 16.1. The molecule has 0 aromatic heterocycles. The fraction of sp³-hybridized carbons (Fsp3) is 0.818. The average molecular weight is 184 g/mol. The number of rotatable bonds is 5. The van der Waals surface area contributed by atoms with Gasteiger partial charge in [-0.2, -0.15) is 0 Å². The minimum absolute atomic E-state index is 0.00685. The molecule has 76 valence electrons. The first kappa shape index (κ1) is 12.3. The third kappa shape index (κ3) is 4.20. The summed E-state index contributed by atoms with van der Waals surface area (Å²) >= 11 is 0. The summed E-state index contributed by atoms with van der Waals surface area (Å²) in [5.74, 6) is 0.0813. The van der Waals surface area contributed by atoms with Crippen molar-refractivity contribution in [3.05, 3.63) is 0 Å². The molecule has 0 aliphatic rings. The van der Waals surface area contributed by atoms with E-state index in [0.717, 1.165) is 0 Å². The first-order valence-corrected chi connectivity index (χ1v) is 4.90. The maximum absolute atomic E-state index is 11.6. The molecule has 1 unspecified atom stereocenters. The van der Waals surface area contributed by atoms with Crippen LogP contribution in [0.1, 0.15) is 41.0 Å². The number of carbonyl (C=O) groups excluding carboxylic acids is 2. The van der Waals surface area contributed by atoms with Crippen LogP contribution in [0.15, 0.2) is 0 Å². The van der Waals surface area contributed by atoms with Crippen molar-refractivity contribution in [1.29, 1.82) is 0 Å². The van der Waals surface area contributed by atoms with Crippen LogP contribution in [0.4, 0.5) is 0 Å². The van der Waals surface area contributed by atoms with Gasteiger partial charge in [0.2, 0.25) is 0 Å². The van der Waals surface area contributed by atoms with Crippen LogP contribution in [-0.4, -0.2) is 11.6 Å². The summed E-state index contributed by atoms with van der Waals surface area (Å²) in [7, 11) is 0. The Kier molecular flexibility index (Phi) is 4.89. The third-order valence-electron chi connectivity index (χ3n) is 2.11. The topological polar surface area (TPSA) is 34.1 Å². The van der Waals surface area contributed by atoms with E-state index < -0.39 is 0 Å². The van der Waals surface area contributed by atoms with Crippen LogP contribution >= 0.6 is 0 Å². The molecule has 13 heavy (non-hydrogen) atoms. The summed E-state index contributed by atoms with van der Waals surface area (Å²) in [6.07, 6.45) is 0.687. The Bertz CT molecular complexity index is 192. The first-order valence-electron chi connectivity index (χ1n) is 4.90. The van der Waals surface area contributed by atoms with Crippen LogP contribution < -0.4 is 0 Å². The average Bonchev–Trinajstić information content (AvgIpc) is 1.97. The smallest absolute Gasteiger partial charge is 0.145 e. The molecule has 2 heteroatoms. The second kappa shape index (κ2) is 5.15. The SMILES string of the molecule is CC(=O)C(CC(C)C)C(=O)C(C)C. The Morgan fingerprint density at radius 1 is 1.08 bits per heavy atom. The van der Waals surface area contributed by atoms with Crippen molar-refractivity contribution in [3.63, 3.8) is 0 Å². The Morgan fingerprint density at radius 3 is 1.77 bits per heavy atom. The van der Waals surface area contributed by atoms with Crippen molar-refractivity contribution in [2.75, 3.05) is 0 Å². The molecule has 0 N–H and O–H groups in total. The minimum Gasteiger partial charge on any atom is -0.299 e. The van der Waals surface area contributed by atoms with Gasteiger partial charge in [0.05, 0.1) is 5.92 Å². The zero-order valence-electron chi connectivity index (χ0n) is 9.26. The minimum atomic E-state index is -0.375. The highest BCUT2D eigenvalue weighted by Crippen LogP contribution is 2.17. The van der Waals surface area contributed by atoms with Gasteiger partial charge in [-0.3, -0.25) is 9.59 Å². The summed E-state index contributed by atoms with van der Waals surface area (Å²) in [5, 5.41) is 0. The lowest BCUT2D eigenvalue weighted by atomic mass is 9.86. The van der Waals surface area contributed by atoms with E-state index in [1.165, 1.54) is 6.92 Å². The molecule has 0 rings (SSSR count). The lowest BCUT2D eigenvalue weighted by Gasteiger charge is -2.16. The van der Waals surface area contributed by atoms with E-state index in [0.29, 0.717) is 12.3 Å². The fourth-order valence-corrected chi connectivity index (χ4v) is 1.36. The van der Waals surface area contributed by atoms with Crippen LogP contribution in [-0.2, 0) is 9.59 Å². The number of Topliss-reactive ketones (excluding diaryl/α,β-unsaturated/α-hetero) is 2. The van der Waals surface area contributed by atoms with E-state index in [4.69, 9.17) is 0 Å². The van der Waals surface area contributed by atoms with Gasteiger partial charge >= 0.3 is 0 Å². The number of hydrogen-bond donors (Lipinski definition) is 0. The van der Waals surface area contributed by atoms with Gasteiger partial charge in [0.25, 0.3) is 0 Å². The fourth-order valence-electron chi connectivity index (χ4n) is 1.36. The summed E-state index contributed by atoms with van der Waals surface area (Å²) in [4.78, 5) is 22.8. The van der Waals surface area contributed by atoms with Crippen molar-refractivity contribution in [2.24, 2.45) is 17.8 Å². The van der Waals surface area contributed by atoms with Crippen molar-refractivity contribution in [2.45, 2.75) is 41.0 Å². The molecule has 0 bridgehead atoms. The van der Waals surface area contributed by atoms with E-state index in [2.05, 4.69) is 0 Å². The van der Waals surface area contributed by atoms with Crippen LogP contribution in [0.25, 0.3) is 0 Å². The van der Waals surface area contributed by atoms with Crippen molar-refractivity contribution in [3.8, 4) is 0 Å². The predicted octanol–water partition coefficient (Wildman–Crippen LogP) is 2.46. The van der Waals surface area contributed by atoms with Gasteiger partial charge < -0.3 is 0 Å². The first-order chi connectivity index (χ1) is 5.86. The monoisotopic (exact) mass is 184 g/mol. The quantitative estimate of drug-likeness (QED) is 0.615. The highest BCUT2D eigenvalue weighted by Gasteiger charge is 2.25. The van der Waals surface area contributed by atoms with E-state index in [9.17, 15) is 9.59 Å². The van der Waals surface area contributed by atoms with Crippen molar-refractivity contribution >= 4 is 11.6 Å². The molecule has 0 saturated carbocycles. The Morgan fingerprint density at radius 2 is 1.54 bits per heavy atom. The molecule has 0 heterocycles. The maximum Gasteiger partial charge on any atom is 0.145 e. The molecule has 0 aliphatic carbocycles. The Labute approximate surface area is 80.7 Å². The lowest BCUT2D eigenvalue weighted by Crippen LogP contribution is -2.27. The molecule has 0 saturated heterocycles. The number of carbonyl (C=O) groups is 2. The molecular formula is C11H20O2. The molecule has 2 nitrogen and oxygen atoms in total.